The van der Waals surface area contributed by atoms with E-state index in [9.17, 15) is 28.2 Å². The van der Waals surface area contributed by atoms with Crippen LogP contribution in [0.1, 0.15) is 49.4 Å². The minimum atomic E-state index is -4.57. The predicted molar refractivity (Wildman–Crippen MR) is 125 cm³/mol. The van der Waals surface area contributed by atoms with Crippen LogP contribution in [0.25, 0.3) is 10.4 Å². The van der Waals surface area contributed by atoms with Gasteiger partial charge in [-0.3, -0.25) is 4.79 Å². The zero-order chi connectivity index (χ0) is 25.6. The molecule has 2 heterocycles. The number of aliphatic hydroxyl groups is 1. The summed E-state index contributed by atoms with van der Waals surface area (Å²) in [5.41, 5.74) is -0.732. The first-order chi connectivity index (χ1) is 16.3. The molecule has 3 aromatic rings. The number of anilines is 2. The van der Waals surface area contributed by atoms with E-state index in [1.807, 2.05) is 26.8 Å². The third kappa shape index (κ3) is 5.30. The molecule has 2 atom stereocenters. The Bertz CT molecular complexity index is 1260. The number of hydrogen-bond acceptors (Lipinski definition) is 7. The quantitative estimate of drug-likeness (QED) is 0.403. The van der Waals surface area contributed by atoms with Gasteiger partial charge in [0.15, 0.2) is 0 Å². The fourth-order valence-electron chi connectivity index (χ4n) is 4.71. The maximum atomic E-state index is 13.0. The summed E-state index contributed by atoms with van der Waals surface area (Å²) in [5, 5.41) is 24.2. The second-order valence-electron chi connectivity index (χ2n) is 9.63. The van der Waals surface area contributed by atoms with E-state index in [1.165, 1.54) is 11.3 Å². The Morgan fingerprint density at radius 1 is 1.23 bits per heavy atom. The van der Waals surface area contributed by atoms with Gasteiger partial charge in [-0.1, -0.05) is 19.9 Å². The molecule has 0 bridgehead atoms. The van der Waals surface area contributed by atoms with Crippen molar-refractivity contribution in [3.05, 3.63) is 52.9 Å². The number of nitrogens with one attached hydrogen (secondary N) is 1. The molecule has 1 saturated carbocycles. The lowest BCUT2D eigenvalue weighted by Gasteiger charge is -2.44. The molecule has 0 radical (unpaired) electrons. The third-order valence-corrected chi connectivity index (χ3v) is 7.54. The lowest BCUT2D eigenvalue weighted by atomic mass is 9.63. The smallest absolute Gasteiger partial charge is 0.433 e. The molecule has 0 unspecified atom stereocenters. The number of thiazole rings is 1. The maximum absolute atomic E-state index is 13.0. The highest BCUT2D eigenvalue weighted by molar-refractivity contribution is 7.15. The van der Waals surface area contributed by atoms with Gasteiger partial charge in [0.25, 0.3) is 0 Å². The molecule has 2 aromatic heterocycles. The van der Waals surface area contributed by atoms with Crippen LogP contribution < -0.4 is 5.32 Å². The Balaban J connectivity index is 1.59. The number of nitrogens with zero attached hydrogens (tertiary/aromatic N) is 3. The highest BCUT2D eigenvalue weighted by Gasteiger charge is 2.49. The summed E-state index contributed by atoms with van der Waals surface area (Å²) in [6.07, 6.45) is -0.956. The van der Waals surface area contributed by atoms with Crippen LogP contribution >= 0.6 is 11.3 Å². The van der Waals surface area contributed by atoms with Crippen LogP contribution in [0.4, 0.5) is 24.8 Å². The number of carboxylic acids is 1. The lowest BCUT2D eigenvalue weighted by Crippen LogP contribution is -2.44. The zero-order valence-corrected chi connectivity index (χ0v) is 20.2. The monoisotopic (exact) mass is 506 g/mol. The van der Waals surface area contributed by atoms with Crippen molar-refractivity contribution in [2.24, 2.45) is 11.3 Å². The standard InChI is InChI=1S/C24H25F3N4O3S/c1-13-8-14(10-15(9-13)30-21-28-7-5-18(31-21)24(25,26)27)17-11-29-20(35-17)23(34)6-4-16(19(32)33)22(2,3)12-23/h5,7-11,16,34H,4,6,12H2,1-3H3,(H,32,33)(H,28,30,31)/t16-,23-/m0/s1. The lowest BCUT2D eigenvalue weighted by molar-refractivity contribution is -0.154. The molecule has 1 aliphatic carbocycles. The Kier molecular flexibility index (Phi) is 6.35. The van der Waals surface area contributed by atoms with Crippen LogP contribution in [0.15, 0.2) is 36.7 Å². The summed E-state index contributed by atoms with van der Waals surface area (Å²) in [7, 11) is 0. The van der Waals surface area contributed by atoms with Gasteiger partial charge in [0.05, 0.1) is 10.8 Å². The minimum Gasteiger partial charge on any atom is -0.481 e. The van der Waals surface area contributed by atoms with Crippen molar-refractivity contribution >= 4 is 28.9 Å². The van der Waals surface area contributed by atoms with Crippen LogP contribution in [-0.2, 0) is 16.6 Å². The third-order valence-electron chi connectivity index (χ3n) is 6.30. The van der Waals surface area contributed by atoms with Crippen molar-refractivity contribution in [3.63, 3.8) is 0 Å². The van der Waals surface area contributed by atoms with E-state index in [-0.39, 0.29) is 12.4 Å². The van der Waals surface area contributed by atoms with Gasteiger partial charge in [-0.25, -0.2) is 15.0 Å². The van der Waals surface area contributed by atoms with Gasteiger partial charge >= 0.3 is 12.1 Å². The van der Waals surface area contributed by atoms with Crippen molar-refractivity contribution in [2.45, 2.75) is 51.8 Å². The zero-order valence-electron chi connectivity index (χ0n) is 19.3. The molecule has 3 N–H and O–H groups in total. The molecule has 7 nitrogen and oxygen atoms in total. The van der Waals surface area contributed by atoms with E-state index in [0.717, 1.165) is 28.3 Å². The van der Waals surface area contributed by atoms with Crippen molar-refractivity contribution in [3.8, 4) is 10.4 Å². The van der Waals surface area contributed by atoms with Gasteiger partial charge in [0.2, 0.25) is 5.95 Å². The molecular weight excluding hydrogens is 481 g/mol. The van der Waals surface area contributed by atoms with Crippen molar-refractivity contribution in [2.75, 3.05) is 5.32 Å². The van der Waals surface area contributed by atoms with Gasteiger partial charge in [-0.2, -0.15) is 13.2 Å². The molecule has 11 heteroatoms. The molecule has 1 aliphatic rings. The molecule has 0 spiro atoms. The average Bonchev–Trinajstić information content (AvgIpc) is 3.23. The second kappa shape index (κ2) is 8.87. The Labute approximate surface area is 204 Å². The normalized spacial score (nSPS) is 22.1. The van der Waals surface area contributed by atoms with Gasteiger partial charge in [0, 0.05) is 18.1 Å². The number of aromatic nitrogens is 3. The first-order valence-electron chi connectivity index (χ1n) is 11.0. The molecule has 0 saturated heterocycles. The van der Waals surface area contributed by atoms with Crippen molar-refractivity contribution in [1.82, 2.24) is 15.0 Å². The van der Waals surface area contributed by atoms with Crippen LogP contribution in [0, 0.1) is 18.3 Å². The summed E-state index contributed by atoms with van der Waals surface area (Å²) in [4.78, 5) is 24.3. The van der Waals surface area contributed by atoms with E-state index in [1.54, 1.807) is 18.3 Å². The second-order valence-corrected chi connectivity index (χ2v) is 10.7. The molecule has 186 valence electrons. The van der Waals surface area contributed by atoms with Gasteiger partial charge in [-0.05, 0) is 60.9 Å². The fourth-order valence-corrected chi connectivity index (χ4v) is 5.72. The van der Waals surface area contributed by atoms with E-state index in [4.69, 9.17) is 0 Å². The number of benzene rings is 1. The van der Waals surface area contributed by atoms with Gasteiger partial charge in [0.1, 0.15) is 16.3 Å². The number of aryl methyl sites for hydroxylation is 1. The maximum Gasteiger partial charge on any atom is 0.433 e. The van der Waals surface area contributed by atoms with Crippen LogP contribution in [0.3, 0.4) is 0 Å². The fraction of sp³-hybridized carbons (Fsp3) is 0.417. The summed E-state index contributed by atoms with van der Waals surface area (Å²) < 4.78 is 38.9. The summed E-state index contributed by atoms with van der Waals surface area (Å²) in [5.74, 6) is -1.57. The van der Waals surface area contributed by atoms with Crippen molar-refractivity contribution < 1.29 is 28.2 Å². The van der Waals surface area contributed by atoms with Crippen LogP contribution in [0.5, 0.6) is 0 Å². The first-order valence-corrected chi connectivity index (χ1v) is 11.8. The molecule has 35 heavy (non-hydrogen) atoms. The topological polar surface area (TPSA) is 108 Å². The first kappa shape index (κ1) is 25.1. The number of rotatable bonds is 5. The van der Waals surface area contributed by atoms with Crippen LogP contribution in [-0.4, -0.2) is 31.1 Å². The predicted octanol–water partition coefficient (Wildman–Crippen LogP) is 5.77. The van der Waals surface area contributed by atoms with Gasteiger partial charge < -0.3 is 15.5 Å². The highest BCUT2D eigenvalue weighted by Crippen LogP contribution is 2.51. The number of aliphatic carboxylic acids is 1. The number of halogens is 3. The van der Waals surface area contributed by atoms with Crippen molar-refractivity contribution in [1.29, 1.82) is 0 Å². The SMILES string of the molecule is Cc1cc(Nc2nccc(C(F)(F)F)n2)cc(-c2cnc([C@]3(O)CC[C@@H](C(=O)O)C(C)(C)C3)s2)c1. The minimum absolute atomic E-state index is 0.173. The molecule has 0 amide bonds. The molecular formula is C24H25F3N4O3S. The highest BCUT2D eigenvalue weighted by atomic mass is 32.1. The Morgan fingerprint density at radius 2 is 1.97 bits per heavy atom. The number of carbonyl (C=O) groups is 1. The van der Waals surface area contributed by atoms with E-state index >= 15 is 0 Å². The van der Waals surface area contributed by atoms with E-state index < -0.39 is 34.8 Å². The molecule has 0 aliphatic heterocycles. The van der Waals surface area contributed by atoms with E-state index in [0.29, 0.717) is 23.5 Å². The molecule has 1 fully saturated rings. The summed E-state index contributed by atoms with van der Waals surface area (Å²) in [6, 6.07) is 6.23. The largest absolute Gasteiger partial charge is 0.481 e. The molecule has 4 rings (SSSR count). The number of carboxylic acid groups (broad SMARTS) is 1. The Hall–Kier alpha value is -3.05. The number of hydrogen-bond donors (Lipinski definition) is 3. The summed E-state index contributed by atoms with van der Waals surface area (Å²) in [6.45, 7) is 5.55. The average molecular weight is 507 g/mol. The molecule has 1 aromatic carbocycles. The van der Waals surface area contributed by atoms with Gasteiger partial charge in [-0.15, -0.1) is 11.3 Å². The number of alkyl halides is 3. The van der Waals surface area contributed by atoms with E-state index in [2.05, 4.69) is 20.3 Å². The van der Waals surface area contributed by atoms with Crippen LogP contribution in [0.2, 0.25) is 0 Å². The Morgan fingerprint density at radius 3 is 2.63 bits per heavy atom. The summed E-state index contributed by atoms with van der Waals surface area (Å²) >= 11 is 1.31.